The Hall–Kier alpha value is -2.24. The van der Waals surface area contributed by atoms with Crippen LogP contribution in [0.3, 0.4) is 0 Å². The summed E-state index contributed by atoms with van der Waals surface area (Å²) in [7, 11) is 0. The van der Waals surface area contributed by atoms with Crippen molar-refractivity contribution in [3.8, 4) is 0 Å². The lowest BCUT2D eigenvalue weighted by molar-refractivity contribution is -0.133. The quantitative estimate of drug-likeness (QED) is 0.369. The van der Waals surface area contributed by atoms with Crippen LogP contribution in [-0.4, -0.2) is 48.0 Å². The second-order valence-electron chi connectivity index (χ2n) is 4.89. The van der Waals surface area contributed by atoms with Crippen LogP contribution >= 0.6 is 0 Å². The van der Waals surface area contributed by atoms with E-state index in [9.17, 15) is 4.79 Å². The van der Waals surface area contributed by atoms with Crippen molar-refractivity contribution in [2.45, 2.75) is 6.92 Å². The summed E-state index contributed by atoms with van der Waals surface area (Å²) >= 11 is 0. The number of carbonyl (C=O) groups excluding carboxylic acids is 1. The molecule has 0 aliphatic carbocycles. The number of benzene rings is 1. The molecule has 6 nitrogen and oxygen atoms in total. The van der Waals surface area contributed by atoms with Crippen molar-refractivity contribution in [1.29, 1.82) is 0 Å². The summed E-state index contributed by atoms with van der Waals surface area (Å²) in [6.45, 7) is 4.53. The first-order chi connectivity index (χ1) is 9.63. The van der Waals surface area contributed by atoms with Gasteiger partial charge < -0.3 is 20.7 Å². The number of oxime groups is 1. The molecule has 1 aromatic rings. The standard InChI is InChI=1S/C14H20N4O2/c1-11(13(15)16-20)14(19)18-9-7-17(8-10-18)12-5-3-2-4-6-12/h2-6,11,20H,7-10H2,1H3,(H2,15,16). The van der Waals surface area contributed by atoms with Crippen LogP contribution in [0.2, 0.25) is 0 Å². The lowest BCUT2D eigenvalue weighted by Crippen LogP contribution is -2.51. The third-order valence-electron chi connectivity index (χ3n) is 3.64. The fourth-order valence-corrected chi connectivity index (χ4v) is 2.31. The van der Waals surface area contributed by atoms with Gasteiger partial charge in [0.05, 0.1) is 5.92 Å². The number of para-hydroxylation sites is 1. The summed E-state index contributed by atoms with van der Waals surface area (Å²) < 4.78 is 0. The molecule has 2 rings (SSSR count). The van der Waals surface area contributed by atoms with E-state index in [0.29, 0.717) is 13.1 Å². The average molecular weight is 276 g/mol. The van der Waals surface area contributed by atoms with Gasteiger partial charge in [0.25, 0.3) is 0 Å². The highest BCUT2D eigenvalue weighted by Gasteiger charge is 2.27. The van der Waals surface area contributed by atoms with Crippen molar-refractivity contribution in [3.05, 3.63) is 30.3 Å². The molecule has 108 valence electrons. The second-order valence-corrected chi connectivity index (χ2v) is 4.89. The summed E-state index contributed by atoms with van der Waals surface area (Å²) in [5.41, 5.74) is 6.65. The number of nitrogens with zero attached hydrogens (tertiary/aromatic N) is 3. The van der Waals surface area contributed by atoms with Gasteiger partial charge in [-0.25, -0.2) is 0 Å². The van der Waals surface area contributed by atoms with Crippen LogP contribution in [0, 0.1) is 5.92 Å². The van der Waals surface area contributed by atoms with Crippen molar-refractivity contribution in [3.63, 3.8) is 0 Å². The molecule has 1 aliphatic rings. The molecule has 0 bridgehead atoms. The molecule has 1 aromatic carbocycles. The Bertz CT molecular complexity index is 481. The molecular formula is C14H20N4O2. The molecule has 1 amide bonds. The van der Waals surface area contributed by atoms with Crippen molar-refractivity contribution >= 4 is 17.4 Å². The van der Waals surface area contributed by atoms with Crippen LogP contribution in [-0.2, 0) is 4.79 Å². The molecule has 1 atom stereocenters. The van der Waals surface area contributed by atoms with Gasteiger partial charge >= 0.3 is 0 Å². The van der Waals surface area contributed by atoms with Crippen LogP contribution in [0.15, 0.2) is 35.5 Å². The number of rotatable bonds is 3. The molecule has 0 spiro atoms. The van der Waals surface area contributed by atoms with Crippen LogP contribution in [0.5, 0.6) is 0 Å². The van der Waals surface area contributed by atoms with E-state index in [2.05, 4.69) is 22.2 Å². The summed E-state index contributed by atoms with van der Waals surface area (Å²) in [5.74, 6) is -0.711. The zero-order chi connectivity index (χ0) is 14.5. The van der Waals surface area contributed by atoms with Crippen molar-refractivity contribution in [1.82, 2.24) is 4.90 Å². The van der Waals surface area contributed by atoms with Crippen LogP contribution in [0.25, 0.3) is 0 Å². The predicted octanol–water partition coefficient (Wildman–Crippen LogP) is 0.718. The molecule has 1 aliphatic heterocycles. The van der Waals surface area contributed by atoms with Gasteiger partial charge in [0.15, 0.2) is 5.84 Å². The Kier molecular flexibility index (Phi) is 4.45. The zero-order valence-electron chi connectivity index (χ0n) is 11.6. The molecule has 20 heavy (non-hydrogen) atoms. The fourth-order valence-electron chi connectivity index (χ4n) is 2.31. The maximum Gasteiger partial charge on any atom is 0.233 e. The van der Waals surface area contributed by atoms with Gasteiger partial charge in [0.2, 0.25) is 5.91 Å². The number of hydrogen-bond acceptors (Lipinski definition) is 4. The number of amidine groups is 1. The third-order valence-corrected chi connectivity index (χ3v) is 3.64. The van der Waals surface area contributed by atoms with Gasteiger partial charge in [0.1, 0.15) is 0 Å². The number of carbonyl (C=O) groups is 1. The summed E-state index contributed by atoms with van der Waals surface area (Å²) in [6.07, 6.45) is 0. The van der Waals surface area contributed by atoms with Gasteiger partial charge in [-0.3, -0.25) is 4.79 Å². The van der Waals surface area contributed by atoms with E-state index in [1.807, 2.05) is 18.2 Å². The Morgan fingerprint density at radius 3 is 2.40 bits per heavy atom. The molecule has 1 saturated heterocycles. The predicted molar refractivity (Wildman–Crippen MR) is 77.8 cm³/mol. The van der Waals surface area contributed by atoms with Crippen LogP contribution in [0.1, 0.15) is 6.92 Å². The Morgan fingerprint density at radius 1 is 1.25 bits per heavy atom. The molecular weight excluding hydrogens is 256 g/mol. The molecule has 6 heteroatoms. The number of piperazine rings is 1. The van der Waals surface area contributed by atoms with Crippen molar-refractivity contribution in [2.24, 2.45) is 16.8 Å². The minimum atomic E-state index is -0.580. The largest absolute Gasteiger partial charge is 0.409 e. The lowest BCUT2D eigenvalue weighted by atomic mass is 10.1. The molecule has 0 aromatic heterocycles. The molecule has 3 N–H and O–H groups in total. The average Bonchev–Trinajstić information content (AvgIpc) is 2.53. The van der Waals surface area contributed by atoms with Crippen LogP contribution in [0.4, 0.5) is 5.69 Å². The van der Waals surface area contributed by atoms with E-state index < -0.39 is 5.92 Å². The number of nitrogens with two attached hydrogens (primary N) is 1. The summed E-state index contributed by atoms with van der Waals surface area (Å²) in [5, 5.41) is 11.5. The maximum absolute atomic E-state index is 12.2. The SMILES string of the molecule is CC(C(=O)N1CCN(c2ccccc2)CC1)C(N)=NO. The van der Waals surface area contributed by atoms with E-state index in [4.69, 9.17) is 10.9 Å². The van der Waals surface area contributed by atoms with Gasteiger partial charge in [-0.05, 0) is 19.1 Å². The second kappa shape index (κ2) is 6.27. The zero-order valence-corrected chi connectivity index (χ0v) is 11.6. The summed E-state index contributed by atoms with van der Waals surface area (Å²) in [4.78, 5) is 16.2. The van der Waals surface area contributed by atoms with E-state index in [0.717, 1.165) is 13.1 Å². The molecule has 1 fully saturated rings. The first-order valence-electron chi connectivity index (χ1n) is 6.69. The molecule has 0 radical (unpaired) electrons. The topological polar surface area (TPSA) is 82.2 Å². The van der Waals surface area contributed by atoms with Gasteiger partial charge in [-0.2, -0.15) is 0 Å². The highest BCUT2D eigenvalue weighted by atomic mass is 16.4. The fraction of sp³-hybridized carbons (Fsp3) is 0.429. The van der Waals surface area contributed by atoms with Gasteiger partial charge in [-0.15, -0.1) is 0 Å². The minimum absolute atomic E-state index is 0.0412. The third kappa shape index (κ3) is 3.01. The lowest BCUT2D eigenvalue weighted by Gasteiger charge is -2.37. The van der Waals surface area contributed by atoms with Crippen molar-refractivity contribution in [2.75, 3.05) is 31.1 Å². The minimum Gasteiger partial charge on any atom is -0.409 e. The Morgan fingerprint density at radius 2 is 1.85 bits per heavy atom. The van der Waals surface area contributed by atoms with E-state index >= 15 is 0 Å². The summed E-state index contributed by atoms with van der Waals surface area (Å²) in [6, 6.07) is 10.1. The maximum atomic E-state index is 12.2. The first-order valence-corrected chi connectivity index (χ1v) is 6.69. The number of hydrogen-bond donors (Lipinski definition) is 2. The van der Waals surface area contributed by atoms with Crippen LogP contribution < -0.4 is 10.6 Å². The van der Waals surface area contributed by atoms with Crippen molar-refractivity contribution < 1.29 is 10.0 Å². The van der Waals surface area contributed by atoms with E-state index in [1.165, 1.54) is 5.69 Å². The molecule has 1 heterocycles. The number of anilines is 1. The Labute approximate surface area is 118 Å². The Balaban J connectivity index is 1.93. The smallest absolute Gasteiger partial charge is 0.233 e. The van der Waals surface area contributed by atoms with Gasteiger partial charge in [-0.1, -0.05) is 23.4 Å². The molecule has 1 unspecified atom stereocenters. The molecule has 0 saturated carbocycles. The first kappa shape index (κ1) is 14.2. The highest BCUT2D eigenvalue weighted by molar-refractivity contribution is 6.01. The van der Waals surface area contributed by atoms with Gasteiger partial charge in [0, 0.05) is 31.9 Å². The normalized spacial score (nSPS) is 17.9. The number of amides is 1. The van der Waals surface area contributed by atoms with E-state index in [1.54, 1.807) is 11.8 Å². The monoisotopic (exact) mass is 276 g/mol. The highest BCUT2D eigenvalue weighted by Crippen LogP contribution is 2.16. The van der Waals surface area contributed by atoms with E-state index in [-0.39, 0.29) is 11.7 Å².